The van der Waals surface area contributed by atoms with Gasteiger partial charge >= 0.3 is 5.69 Å². The van der Waals surface area contributed by atoms with Gasteiger partial charge in [0, 0.05) is 0 Å². The molecule has 0 bridgehead atoms. The van der Waals surface area contributed by atoms with Crippen molar-refractivity contribution in [1.82, 2.24) is 15.2 Å². The lowest BCUT2D eigenvalue weighted by atomic mass is 10.2. The van der Waals surface area contributed by atoms with Gasteiger partial charge in [0.1, 0.15) is 5.69 Å². The molecule has 0 saturated heterocycles. The second kappa shape index (κ2) is 10.2. The third-order valence-corrected chi connectivity index (χ3v) is 3.53. The van der Waals surface area contributed by atoms with E-state index in [1.807, 2.05) is 25.1 Å². The molecule has 0 radical (unpaired) electrons. The predicted octanol–water partition coefficient (Wildman–Crippen LogP) is 2.89. The van der Waals surface area contributed by atoms with Crippen LogP contribution in [-0.2, 0) is 0 Å². The highest BCUT2D eigenvalue weighted by molar-refractivity contribution is 5.81. The van der Waals surface area contributed by atoms with Crippen molar-refractivity contribution in [1.29, 1.82) is 0 Å². The van der Waals surface area contributed by atoms with Crippen LogP contribution in [0.25, 0.3) is 0 Å². The monoisotopic (exact) mass is 359 g/mol. The summed E-state index contributed by atoms with van der Waals surface area (Å²) in [5.74, 6) is 1.72. The number of nitrogens with zero attached hydrogens (tertiary/aromatic N) is 3. The van der Waals surface area contributed by atoms with Crippen molar-refractivity contribution in [3.63, 3.8) is 0 Å². The Bertz CT molecular complexity index is 789. The molecule has 0 aliphatic carbocycles. The number of hydrogen-bond acceptors (Lipinski definition) is 7. The van der Waals surface area contributed by atoms with Gasteiger partial charge in [-0.1, -0.05) is 19.8 Å². The fourth-order valence-corrected chi connectivity index (χ4v) is 2.19. The van der Waals surface area contributed by atoms with Crippen LogP contribution in [0, 0.1) is 6.92 Å². The zero-order valence-electron chi connectivity index (χ0n) is 15.4. The van der Waals surface area contributed by atoms with Crippen LogP contribution in [0.5, 0.6) is 11.5 Å². The fraction of sp³-hybridized carbons (Fsp3) is 0.444. The molecule has 0 fully saturated rings. The number of H-pyrrole nitrogens is 1. The second-order valence-corrected chi connectivity index (χ2v) is 5.64. The van der Waals surface area contributed by atoms with Gasteiger partial charge in [0.05, 0.1) is 19.4 Å². The Labute approximate surface area is 152 Å². The molecule has 8 nitrogen and oxygen atoms in total. The number of ether oxygens (including phenoxy) is 2. The smallest absolute Gasteiger partial charge is 0.363 e. The molecule has 1 aromatic heterocycles. The lowest BCUT2D eigenvalue weighted by molar-refractivity contribution is 0.271. The molecule has 26 heavy (non-hydrogen) atoms. The number of benzene rings is 1. The first-order valence-corrected chi connectivity index (χ1v) is 8.76. The lowest BCUT2D eigenvalue weighted by Crippen LogP contribution is -2.15. The van der Waals surface area contributed by atoms with Gasteiger partial charge in [-0.3, -0.25) is 5.43 Å². The quantitative estimate of drug-likeness (QED) is 0.384. The highest BCUT2D eigenvalue weighted by atomic mass is 16.5. The standard InChI is InChI=1S/C18H25N5O3/c1-4-6-7-10-26-15-9-8-14(11-16(15)25-5-2)12-19-22-17-13(3)21-23-18(24)20-17/h8-9,11-12H,4-7,10H2,1-3H3,(H2,20,22,23,24)/b19-12+. The number of unbranched alkanes of at least 4 members (excludes halogenated alkanes) is 2. The van der Waals surface area contributed by atoms with Crippen LogP contribution >= 0.6 is 0 Å². The second-order valence-electron chi connectivity index (χ2n) is 5.64. The average molecular weight is 359 g/mol. The Hall–Kier alpha value is -2.90. The third-order valence-electron chi connectivity index (χ3n) is 3.53. The number of aromatic amines is 1. The lowest BCUT2D eigenvalue weighted by Gasteiger charge is -2.12. The summed E-state index contributed by atoms with van der Waals surface area (Å²) in [4.78, 5) is 15.0. The Morgan fingerprint density at radius 3 is 2.85 bits per heavy atom. The third kappa shape index (κ3) is 5.87. The van der Waals surface area contributed by atoms with E-state index in [1.54, 1.807) is 13.1 Å². The van der Waals surface area contributed by atoms with Crippen LogP contribution < -0.4 is 20.6 Å². The van der Waals surface area contributed by atoms with E-state index in [1.165, 1.54) is 0 Å². The summed E-state index contributed by atoms with van der Waals surface area (Å²) in [6.07, 6.45) is 4.93. The van der Waals surface area contributed by atoms with Gasteiger partial charge in [0.15, 0.2) is 17.3 Å². The largest absolute Gasteiger partial charge is 0.490 e. The summed E-state index contributed by atoms with van der Waals surface area (Å²) in [6.45, 7) is 7.03. The SMILES string of the molecule is CCCCCOc1ccc(/C=N/Nc2nc(=O)[nH]nc2C)cc1OCC. The topological polar surface area (TPSA) is 101 Å². The summed E-state index contributed by atoms with van der Waals surface area (Å²) < 4.78 is 11.5. The van der Waals surface area contributed by atoms with Crippen molar-refractivity contribution in [3.8, 4) is 11.5 Å². The van der Waals surface area contributed by atoms with Crippen LogP contribution in [0.2, 0.25) is 0 Å². The zero-order valence-corrected chi connectivity index (χ0v) is 15.4. The van der Waals surface area contributed by atoms with Crippen molar-refractivity contribution < 1.29 is 9.47 Å². The first-order valence-electron chi connectivity index (χ1n) is 8.76. The number of hydrogen-bond donors (Lipinski definition) is 2. The molecule has 0 atom stereocenters. The van der Waals surface area contributed by atoms with E-state index < -0.39 is 5.69 Å². The maximum Gasteiger partial charge on any atom is 0.363 e. The zero-order chi connectivity index (χ0) is 18.8. The maximum atomic E-state index is 11.2. The summed E-state index contributed by atoms with van der Waals surface area (Å²) in [5.41, 5.74) is 3.57. The van der Waals surface area contributed by atoms with Gasteiger partial charge in [-0.05, 0) is 44.0 Å². The minimum Gasteiger partial charge on any atom is -0.490 e. The van der Waals surface area contributed by atoms with Gasteiger partial charge in [0.25, 0.3) is 0 Å². The van der Waals surface area contributed by atoms with Gasteiger partial charge in [0.2, 0.25) is 0 Å². The van der Waals surface area contributed by atoms with Gasteiger partial charge in [-0.15, -0.1) is 0 Å². The number of aromatic nitrogens is 3. The predicted molar refractivity (Wildman–Crippen MR) is 101 cm³/mol. The van der Waals surface area contributed by atoms with E-state index in [0.29, 0.717) is 30.5 Å². The number of nitrogens with one attached hydrogen (secondary N) is 2. The Kier molecular flexibility index (Phi) is 7.60. The normalized spacial score (nSPS) is 10.9. The molecule has 140 valence electrons. The molecule has 0 spiro atoms. The molecule has 8 heteroatoms. The van der Waals surface area contributed by atoms with E-state index in [4.69, 9.17) is 9.47 Å². The van der Waals surface area contributed by atoms with Crippen molar-refractivity contribution in [2.45, 2.75) is 40.0 Å². The van der Waals surface area contributed by atoms with Crippen LogP contribution in [0.4, 0.5) is 5.82 Å². The number of aryl methyl sites for hydroxylation is 1. The molecule has 0 saturated carbocycles. The molecule has 0 aliphatic rings. The average Bonchev–Trinajstić information content (AvgIpc) is 2.63. The van der Waals surface area contributed by atoms with Crippen molar-refractivity contribution in [2.24, 2.45) is 5.10 Å². The molecule has 0 amide bonds. The molecular weight excluding hydrogens is 334 g/mol. The molecule has 2 N–H and O–H groups in total. The van der Waals surface area contributed by atoms with Crippen LogP contribution in [0.3, 0.4) is 0 Å². The van der Waals surface area contributed by atoms with Crippen molar-refractivity contribution in [2.75, 3.05) is 18.6 Å². The maximum absolute atomic E-state index is 11.2. The van der Waals surface area contributed by atoms with Gasteiger partial charge in [-0.25, -0.2) is 9.89 Å². The summed E-state index contributed by atoms with van der Waals surface area (Å²) in [5, 5.41) is 10.2. The Balaban J connectivity index is 2.05. The van der Waals surface area contributed by atoms with E-state index in [-0.39, 0.29) is 0 Å². The van der Waals surface area contributed by atoms with Crippen molar-refractivity contribution in [3.05, 3.63) is 39.9 Å². The first kappa shape index (κ1) is 19.4. The van der Waals surface area contributed by atoms with E-state index in [0.717, 1.165) is 30.6 Å². The minimum absolute atomic E-state index is 0.311. The van der Waals surface area contributed by atoms with E-state index in [2.05, 4.69) is 32.6 Å². The van der Waals surface area contributed by atoms with Crippen LogP contribution in [0.1, 0.15) is 44.4 Å². The number of rotatable bonds is 10. The van der Waals surface area contributed by atoms with Gasteiger partial charge in [-0.2, -0.15) is 15.2 Å². The highest BCUT2D eigenvalue weighted by Crippen LogP contribution is 2.28. The fourth-order valence-electron chi connectivity index (χ4n) is 2.19. The van der Waals surface area contributed by atoms with E-state index in [9.17, 15) is 4.79 Å². The number of anilines is 1. The van der Waals surface area contributed by atoms with Gasteiger partial charge < -0.3 is 9.47 Å². The van der Waals surface area contributed by atoms with Crippen LogP contribution in [-0.4, -0.2) is 34.6 Å². The molecule has 1 heterocycles. The summed E-state index contributed by atoms with van der Waals surface area (Å²) in [6, 6.07) is 5.62. The van der Waals surface area contributed by atoms with Crippen molar-refractivity contribution >= 4 is 12.0 Å². The van der Waals surface area contributed by atoms with Crippen LogP contribution in [0.15, 0.2) is 28.1 Å². The summed E-state index contributed by atoms with van der Waals surface area (Å²) >= 11 is 0. The minimum atomic E-state index is -0.531. The molecular formula is C18H25N5O3. The molecule has 1 aromatic carbocycles. The van der Waals surface area contributed by atoms with E-state index >= 15 is 0 Å². The first-order chi connectivity index (χ1) is 12.6. The Morgan fingerprint density at radius 1 is 1.23 bits per heavy atom. The molecule has 0 aliphatic heterocycles. The molecule has 2 rings (SSSR count). The number of hydrazone groups is 1. The molecule has 2 aromatic rings. The molecule has 0 unspecified atom stereocenters. The summed E-state index contributed by atoms with van der Waals surface area (Å²) in [7, 11) is 0. The highest BCUT2D eigenvalue weighted by Gasteiger charge is 2.06. The Morgan fingerprint density at radius 2 is 2.08 bits per heavy atom.